The lowest BCUT2D eigenvalue weighted by Gasteiger charge is -2.26. The molecule has 0 saturated carbocycles. The summed E-state index contributed by atoms with van der Waals surface area (Å²) in [4.78, 5) is 14.6. The van der Waals surface area contributed by atoms with E-state index in [1.807, 2.05) is 29.2 Å². The molecule has 0 aromatic heterocycles. The van der Waals surface area contributed by atoms with Crippen LogP contribution in [-0.4, -0.2) is 61.5 Å². The molecule has 3 rings (SSSR count). The highest BCUT2D eigenvalue weighted by atomic mass is 16.5. The van der Waals surface area contributed by atoms with E-state index < -0.39 is 0 Å². The normalized spacial score (nSPS) is 24.3. The van der Waals surface area contributed by atoms with E-state index in [1.165, 1.54) is 5.56 Å². The standard InChI is InChI=1S/C19H28N2O4/c22-13-16-4-2-15(3-5-16)10-20-11-18-12-21(7-1-8-25-18)19(23)17-6-9-24-14-17/h2-5,17-18,20,22H,1,6-14H2. The minimum absolute atomic E-state index is 0.0190. The van der Waals surface area contributed by atoms with E-state index in [9.17, 15) is 4.79 Å². The zero-order valence-corrected chi connectivity index (χ0v) is 14.7. The molecule has 2 atom stereocenters. The zero-order chi connectivity index (χ0) is 17.5. The Kier molecular flexibility index (Phi) is 6.81. The predicted octanol–water partition coefficient (Wildman–Crippen LogP) is 0.923. The molecule has 2 saturated heterocycles. The molecule has 2 aliphatic rings. The minimum atomic E-state index is 0.0190. The fraction of sp³-hybridized carbons (Fsp3) is 0.632. The van der Waals surface area contributed by atoms with Crippen molar-refractivity contribution >= 4 is 5.91 Å². The molecule has 0 spiro atoms. The summed E-state index contributed by atoms with van der Waals surface area (Å²) in [5, 5.41) is 12.5. The maximum Gasteiger partial charge on any atom is 0.228 e. The summed E-state index contributed by atoms with van der Waals surface area (Å²) < 4.78 is 11.3. The van der Waals surface area contributed by atoms with Gasteiger partial charge in [-0.2, -0.15) is 0 Å². The zero-order valence-electron chi connectivity index (χ0n) is 14.7. The highest BCUT2D eigenvalue weighted by Crippen LogP contribution is 2.17. The van der Waals surface area contributed by atoms with Crippen molar-refractivity contribution in [1.29, 1.82) is 0 Å². The molecule has 1 aromatic carbocycles. The summed E-state index contributed by atoms with van der Waals surface area (Å²) in [5.74, 6) is 0.240. The van der Waals surface area contributed by atoms with Crippen LogP contribution in [0, 0.1) is 5.92 Å². The van der Waals surface area contributed by atoms with E-state index in [1.54, 1.807) is 0 Å². The van der Waals surface area contributed by atoms with E-state index in [2.05, 4.69) is 5.32 Å². The van der Waals surface area contributed by atoms with Crippen molar-refractivity contribution in [3.63, 3.8) is 0 Å². The van der Waals surface area contributed by atoms with Gasteiger partial charge in [0.2, 0.25) is 5.91 Å². The number of carbonyl (C=O) groups excluding carboxylic acids is 1. The summed E-state index contributed by atoms with van der Waals surface area (Å²) in [5.41, 5.74) is 2.09. The largest absolute Gasteiger partial charge is 0.392 e. The van der Waals surface area contributed by atoms with E-state index in [0.29, 0.717) is 32.9 Å². The molecule has 6 heteroatoms. The highest BCUT2D eigenvalue weighted by Gasteiger charge is 2.30. The lowest BCUT2D eigenvalue weighted by Crippen LogP contribution is -2.43. The molecule has 1 aromatic rings. The van der Waals surface area contributed by atoms with Gasteiger partial charge in [0.05, 0.1) is 25.2 Å². The number of ether oxygens (including phenoxy) is 2. The molecule has 2 aliphatic heterocycles. The lowest BCUT2D eigenvalue weighted by molar-refractivity contribution is -0.136. The smallest absolute Gasteiger partial charge is 0.228 e. The molecule has 0 aliphatic carbocycles. The van der Waals surface area contributed by atoms with Gasteiger partial charge in [0, 0.05) is 39.4 Å². The lowest BCUT2D eigenvalue weighted by atomic mass is 10.1. The van der Waals surface area contributed by atoms with Crippen LogP contribution in [0.15, 0.2) is 24.3 Å². The Morgan fingerprint density at radius 2 is 2.04 bits per heavy atom. The fourth-order valence-corrected chi connectivity index (χ4v) is 3.35. The van der Waals surface area contributed by atoms with Gasteiger partial charge < -0.3 is 24.8 Å². The summed E-state index contributed by atoms with van der Waals surface area (Å²) in [6.45, 7) is 4.90. The number of benzene rings is 1. The van der Waals surface area contributed by atoms with Crippen LogP contribution < -0.4 is 5.32 Å². The summed E-state index contributed by atoms with van der Waals surface area (Å²) in [6.07, 6.45) is 1.74. The van der Waals surface area contributed by atoms with Crippen molar-refractivity contribution in [2.45, 2.75) is 32.1 Å². The van der Waals surface area contributed by atoms with Gasteiger partial charge in [-0.15, -0.1) is 0 Å². The van der Waals surface area contributed by atoms with Gasteiger partial charge in [0.1, 0.15) is 0 Å². The molecule has 2 unspecified atom stereocenters. The van der Waals surface area contributed by atoms with Gasteiger partial charge in [0.25, 0.3) is 0 Å². The average Bonchev–Trinajstić information content (AvgIpc) is 3.08. The third-order valence-corrected chi connectivity index (χ3v) is 4.85. The summed E-state index contributed by atoms with van der Waals surface area (Å²) in [6, 6.07) is 7.90. The van der Waals surface area contributed by atoms with Crippen molar-refractivity contribution in [1.82, 2.24) is 10.2 Å². The Bertz CT molecular complexity index is 543. The van der Waals surface area contributed by atoms with Crippen LogP contribution in [0.1, 0.15) is 24.0 Å². The maximum absolute atomic E-state index is 12.6. The van der Waals surface area contributed by atoms with Crippen molar-refractivity contribution in [2.75, 3.05) is 39.5 Å². The van der Waals surface area contributed by atoms with Gasteiger partial charge in [-0.3, -0.25) is 4.79 Å². The molecule has 25 heavy (non-hydrogen) atoms. The van der Waals surface area contributed by atoms with Crippen molar-refractivity contribution in [3.8, 4) is 0 Å². The first-order valence-corrected chi connectivity index (χ1v) is 9.14. The third-order valence-electron chi connectivity index (χ3n) is 4.85. The van der Waals surface area contributed by atoms with E-state index in [0.717, 1.165) is 31.5 Å². The van der Waals surface area contributed by atoms with E-state index in [-0.39, 0.29) is 24.5 Å². The number of aliphatic hydroxyl groups is 1. The molecule has 2 fully saturated rings. The van der Waals surface area contributed by atoms with Gasteiger partial charge in [0.15, 0.2) is 0 Å². The van der Waals surface area contributed by atoms with E-state index in [4.69, 9.17) is 14.6 Å². The number of hydrogen-bond donors (Lipinski definition) is 2. The van der Waals surface area contributed by atoms with Crippen molar-refractivity contribution < 1.29 is 19.4 Å². The summed E-state index contributed by atoms with van der Waals surface area (Å²) >= 11 is 0. The van der Waals surface area contributed by atoms with Crippen LogP contribution in [0.4, 0.5) is 0 Å². The van der Waals surface area contributed by atoms with Crippen LogP contribution >= 0.6 is 0 Å². The number of nitrogens with zero attached hydrogens (tertiary/aromatic N) is 1. The van der Waals surface area contributed by atoms with Crippen LogP contribution in [-0.2, 0) is 27.4 Å². The number of hydrogen-bond acceptors (Lipinski definition) is 5. The molecule has 2 N–H and O–H groups in total. The molecule has 6 nitrogen and oxygen atoms in total. The highest BCUT2D eigenvalue weighted by molar-refractivity contribution is 5.79. The second-order valence-corrected chi connectivity index (χ2v) is 6.80. The number of nitrogens with one attached hydrogen (secondary N) is 1. The first-order chi connectivity index (χ1) is 12.3. The second-order valence-electron chi connectivity index (χ2n) is 6.80. The van der Waals surface area contributed by atoms with Crippen LogP contribution in [0.2, 0.25) is 0 Å². The number of rotatable bonds is 6. The molecule has 2 heterocycles. The van der Waals surface area contributed by atoms with Gasteiger partial charge >= 0.3 is 0 Å². The Balaban J connectivity index is 1.46. The maximum atomic E-state index is 12.6. The SMILES string of the molecule is O=C(C1CCOC1)N1CCCOC(CNCc2ccc(CO)cc2)C1. The third kappa shape index (κ3) is 5.25. The Labute approximate surface area is 149 Å². The summed E-state index contributed by atoms with van der Waals surface area (Å²) in [7, 11) is 0. The van der Waals surface area contributed by atoms with Gasteiger partial charge in [-0.25, -0.2) is 0 Å². The van der Waals surface area contributed by atoms with Crippen LogP contribution in [0.25, 0.3) is 0 Å². The number of aliphatic hydroxyl groups excluding tert-OH is 1. The molecule has 1 amide bonds. The molecular weight excluding hydrogens is 320 g/mol. The first kappa shape index (κ1) is 18.3. The number of amides is 1. The van der Waals surface area contributed by atoms with Gasteiger partial charge in [-0.05, 0) is 24.0 Å². The average molecular weight is 348 g/mol. The molecule has 0 bridgehead atoms. The Morgan fingerprint density at radius 3 is 2.76 bits per heavy atom. The van der Waals surface area contributed by atoms with Crippen molar-refractivity contribution in [3.05, 3.63) is 35.4 Å². The van der Waals surface area contributed by atoms with Gasteiger partial charge in [-0.1, -0.05) is 24.3 Å². The minimum Gasteiger partial charge on any atom is -0.392 e. The number of carbonyl (C=O) groups is 1. The monoisotopic (exact) mass is 348 g/mol. The first-order valence-electron chi connectivity index (χ1n) is 9.14. The predicted molar refractivity (Wildman–Crippen MR) is 93.9 cm³/mol. The molecule has 138 valence electrons. The fourth-order valence-electron chi connectivity index (χ4n) is 3.35. The molecular formula is C19H28N2O4. The molecule has 0 radical (unpaired) electrons. The Morgan fingerprint density at radius 1 is 1.24 bits per heavy atom. The Hall–Kier alpha value is -1.47. The van der Waals surface area contributed by atoms with E-state index >= 15 is 0 Å². The quantitative estimate of drug-likeness (QED) is 0.800. The van der Waals surface area contributed by atoms with Crippen LogP contribution in [0.3, 0.4) is 0 Å². The second kappa shape index (κ2) is 9.29. The van der Waals surface area contributed by atoms with Crippen LogP contribution in [0.5, 0.6) is 0 Å². The van der Waals surface area contributed by atoms with Crippen molar-refractivity contribution in [2.24, 2.45) is 5.92 Å². The topological polar surface area (TPSA) is 71.0 Å².